The summed E-state index contributed by atoms with van der Waals surface area (Å²) in [7, 11) is 1.25. The number of H-pyrrole nitrogens is 1. The molecule has 9 heteroatoms. The summed E-state index contributed by atoms with van der Waals surface area (Å²) in [5.74, 6) is -1.89. The van der Waals surface area contributed by atoms with Gasteiger partial charge in [-0.3, -0.25) is 15.0 Å². The normalized spacial score (nSPS) is 18.6. The monoisotopic (exact) mass is 398 g/mol. The third kappa shape index (κ3) is 3.14. The molecule has 0 spiro atoms. The molecule has 1 atom stereocenters. The van der Waals surface area contributed by atoms with Crippen LogP contribution in [0, 0.1) is 13.8 Å². The van der Waals surface area contributed by atoms with Gasteiger partial charge >= 0.3 is 12.0 Å². The number of amides is 4. The van der Waals surface area contributed by atoms with E-state index in [0.29, 0.717) is 28.3 Å². The number of rotatable bonds is 5. The molecular formula is C20H22N4O5. The molecule has 4 amide bonds. The molecule has 0 radical (unpaired) electrons. The summed E-state index contributed by atoms with van der Waals surface area (Å²) in [5.41, 5.74) is 2.82. The lowest BCUT2D eigenvalue weighted by molar-refractivity contribution is -0.133. The number of aryl methyl sites for hydroxylation is 1. The van der Waals surface area contributed by atoms with Gasteiger partial charge in [0, 0.05) is 5.69 Å². The van der Waals surface area contributed by atoms with Crippen LogP contribution in [0.15, 0.2) is 30.3 Å². The second-order valence-electron chi connectivity index (χ2n) is 6.75. The molecule has 0 saturated carbocycles. The molecule has 9 nitrogen and oxygen atoms in total. The third-order valence-corrected chi connectivity index (χ3v) is 5.16. The molecular weight excluding hydrogens is 376 g/mol. The van der Waals surface area contributed by atoms with Gasteiger partial charge in [-0.1, -0.05) is 37.3 Å². The van der Waals surface area contributed by atoms with E-state index in [1.54, 1.807) is 45.0 Å². The molecule has 2 heterocycles. The molecule has 1 aliphatic rings. The van der Waals surface area contributed by atoms with Crippen LogP contribution in [0.5, 0.6) is 0 Å². The van der Waals surface area contributed by atoms with E-state index in [-0.39, 0.29) is 11.3 Å². The molecule has 1 aromatic heterocycles. The van der Waals surface area contributed by atoms with E-state index in [0.717, 1.165) is 0 Å². The van der Waals surface area contributed by atoms with Crippen molar-refractivity contribution >= 4 is 23.8 Å². The van der Waals surface area contributed by atoms with Crippen molar-refractivity contribution < 1.29 is 23.9 Å². The van der Waals surface area contributed by atoms with Gasteiger partial charge < -0.3 is 15.0 Å². The maximum absolute atomic E-state index is 13.1. The van der Waals surface area contributed by atoms with E-state index in [1.807, 2.05) is 6.07 Å². The summed E-state index contributed by atoms with van der Waals surface area (Å²) >= 11 is 0. The number of hydrogen-bond acceptors (Lipinski definition) is 5. The highest BCUT2D eigenvalue weighted by atomic mass is 16.5. The molecule has 1 fully saturated rings. The molecule has 2 aromatic rings. The highest BCUT2D eigenvalue weighted by Crippen LogP contribution is 2.31. The van der Waals surface area contributed by atoms with Crippen LogP contribution in [0.1, 0.15) is 51.0 Å². The maximum Gasteiger partial charge on any atom is 0.344 e. The number of methoxy groups -OCH3 is 1. The number of urea groups is 1. The van der Waals surface area contributed by atoms with Crippen molar-refractivity contribution in [3.05, 3.63) is 58.4 Å². The molecule has 29 heavy (non-hydrogen) atoms. The first-order valence-electron chi connectivity index (χ1n) is 9.07. The van der Waals surface area contributed by atoms with Gasteiger partial charge in [-0.15, -0.1) is 0 Å². The quantitative estimate of drug-likeness (QED) is 0.525. The van der Waals surface area contributed by atoms with E-state index < -0.39 is 29.4 Å². The Bertz CT molecular complexity index is 998. The molecule has 1 saturated heterocycles. The first-order valence-corrected chi connectivity index (χ1v) is 9.07. The van der Waals surface area contributed by atoms with Crippen molar-refractivity contribution in [2.24, 2.45) is 0 Å². The Labute approximate surface area is 167 Å². The first kappa shape index (κ1) is 20.1. The van der Waals surface area contributed by atoms with Gasteiger partial charge in [0.15, 0.2) is 0 Å². The second kappa shape index (κ2) is 7.42. The number of ether oxygens (including phenoxy) is 1. The van der Waals surface area contributed by atoms with E-state index in [4.69, 9.17) is 4.74 Å². The number of hydrogen-bond donors (Lipinski definition) is 3. The third-order valence-electron chi connectivity index (χ3n) is 5.16. The van der Waals surface area contributed by atoms with Gasteiger partial charge in [0.2, 0.25) is 0 Å². The average molecular weight is 398 g/mol. The predicted octanol–water partition coefficient (Wildman–Crippen LogP) is 1.92. The number of nitrogens with one attached hydrogen (secondary N) is 3. The Morgan fingerprint density at radius 2 is 1.83 bits per heavy atom. The van der Waals surface area contributed by atoms with Gasteiger partial charge in [-0.2, -0.15) is 5.01 Å². The molecule has 1 aliphatic heterocycles. The van der Waals surface area contributed by atoms with Crippen LogP contribution in [-0.2, 0) is 15.1 Å². The van der Waals surface area contributed by atoms with Crippen molar-refractivity contribution in [2.45, 2.75) is 32.7 Å². The summed E-state index contributed by atoms with van der Waals surface area (Å²) in [6.45, 7) is 4.98. The van der Waals surface area contributed by atoms with Crippen LogP contribution in [0.4, 0.5) is 4.79 Å². The largest absolute Gasteiger partial charge is 0.465 e. The Morgan fingerprint density at radius 3 is 2.41 bits per heavy atom. The Morgan fingerprint density at radius 1 is 1.17 bits per heavy atom. The van der Waals surface area contributed by atoms with Crippen molar-refractivity contribution in [3.8, 4) is 0 Å². The van der Waals surface area contributed by atoms with Gasteiger partial charge in [0.1, 0.15) is 11.2 Å². The SMILES string of the molecule is CCC1(c2ccccc2)NC(=O)N(NC(=O)c2[nH]c(C)c(C(=O)OC)c2C)C1=O. The molecule has 3 rings (SSSR count). The summed E-state index contributed by atoms with van der Waals surface area (Å²) in [6, 6.07) is 8.10. The van der Waals surface area contributed by atoms with Gasteiger partial charge in [0.25, 0.3) is 11.8 Å². The standard InChI is InChI=1S/C20H22N4O5/c1-5-20(13-9-7-6-8-10-13)18(27)24(19(28)22-20)23-16(25)15-11(2)14(12(3)21-15)17(26)29-4/h6-10,21H,5H2,1-4H3,(H,22,28)(H,23,25). The van der Waals surface area contributed by atoms with Crippen LogP contribution in [0.3, 0.4) is 0 Å². The van der Waals surface area contributed by atoms with Crippen LogP contribution >= 0.6 is 0 Å². The number of carbonyl (C=O) groups is 4. The fourth-order valence-corrected chi connectivity index (χ4v) is 3.58. The van der Waals surface area contributed by atoms with Crippen LogP contribution in [-0.4, -0.2) is 40.9 Å². The minimum atomic E-state index is -1.26. The minimum absolute atomic E-state index is 0.0669. The summed E-state index contributed by atoms with van der Waals surface area (Å²) in [6.07, 6.45) is 0.307. The Kier molecular flexibility index (Phi) is 5.15. The number of hydrazine groups is 1. The molecule has 1 aromatic carbocycles. The lowest BCUT2D eigenvalue weighted by Crippen LogP contribution is -2.48. The fourth-order valence-electron chi connectivity index (χ4n) is 3.58. The molecule has 0 bridgehead atoms. The predicted molar refractivity (Wildman–Crippen MR) is 103 cm³/mol. The Balaban J connectivity index is 1.90. The Hall–Kier alpha value is -3.62. The maximum atomic E-state index is 13.1. The van der Waals surface area contributed by atoms with Crippen LogP contribution in [0.25, 0.3) is 0 Å². The zero-order chi connectivity index (χ0) is 21.3. The van der Waals surface area contributed by atoms with Crippen molar-refractivity contribution in [3.63, 3.8) is 0 Å². The number of aromatic nitrogens is 1. The highest BCUT2D eigenvalue weighted by molar-refractivity contribution is 6.10. The highest BCUT2D eigenvalue weighted by Gasteiger charge is 2.52. The summed E-state index contributed by atoms with van der Waals surface area (Å²) < 4.78 is 4.73. The van der Waals surface area contributed by atoms with Crippen LogP contribution < -0.4 is 10.7 Å². The molecule has 1 unspecified atom stereocenters. The summed E-state index contributed by atoms with van der Waals surface area (Å²) in [4.78, 5) is 53.1. The van der Waals surface area contributed by atoms with E-state index in [2.05, 4.69) is 15.7 Å². The van der Waals surface area contributed by atoms with Crippen molar-refractivity contribution in [2.75, 3.05) is 7.11 Å². The number of benzene rings is 1. The fraction of sp³-hybridized carbons (Fsp3) is 0.300. The number of carbonyl (C=O) groups excluding carboxylic acids is 4. The van der Waals surface area contributed by atoms with Gasteiger partial charge in [-0.25, -0.2) is 9.59 Å². The average Bonchev–Trinajstić information content (AvgIpc) is 3.16. The topological polar surface area (TPSA) is 121 Å². The molecule has 152 valence electrons. The lowest BCUT2D eigenvalue weighted by Gasteiger charge is -2.25. The van der Waals surface area contributed by atoms with E-state index in [9.17, 15) is 19.2 Å². The zero-order valence-corrected chi connectivity index (χ0v) is 16.6. The van der Waals surface area contributed by atoms with E-state index >= 15 is 0 Å². The zero-order valence-electron chi connectivity index (χ0n) is 16.6. The lowest BCUT2D eigenvalue weighted by atomic mass is 9.87. The number of imide groups is 1. The minimum Gasteiger partial charge on any atom is -0.465 e. The second-order valence-corrected chi connectivity index (χ2v) is 6.75. The number of esters is 1. The van der Waals surface area contributed by atoms with Crippen LogP contribution in [0.2, 0.25) is 0 Å². The first-order chi connectivity index (χ1) is 13.8. The smallest absolute Gasteiger partial charge is 0.344 e. The summed E-state index contributed by atoms with van der Waals surface area (Å²) in [5, 5.41) is 3.36. The number of nitrogens with zero attached hydrogens (tertiary/aromatic N) is 1. The van der Waals surface area contributed by atoms with Gasteiger partial charge in [-0.05, 0) is 31.4 Å². The van der Waals surface area contributed by atoms with E-state index in [1.165, 1.54) is 7.11 Å². The van der Waals surface area contributed by atoms with Crippen molar-refractivity contribution in [1.29, 1.82) is 0 Å². The molecule has 3 N–H and O–H groups in total. The van der Waals surface area contributed by atoms with Crippen molar-refractivity contribution in [1.82, 2.24) is 20.7 Å². The number of aromatic amines is 1. The van der Waals surface area contributed by atoms with Gasteiger partial charge in [0.05, 0.1) is 12.7 Å². The molecule has 0 aliphatic carbocycles.